The van der Waals surface area contributed by atoms with Gasteiger partial charge in [0.05, 0.1) is 11.1 Å². The molecule has 0 amide bonds. The molecule has 0 fully saturated rings. The van der Waals surface area contributed by atoms with Crippen molar-refractivity contribution in [1.29, 1.82) is 0 Å². The monoisotopic (exact) mass is 353 g/mol. The third-order valence-corrected chi connectivity index (χ3v) is 4.06. The second-order valence-electron chi connectivity index (χ2n) is 5.75. The first-order valence-corrected chi connectivity index (χ1v) is 8.20. The lowest BCUT2D eigenvalue weighted by molar-refractivity contribution is 0.0320. The van der Waals surface area contributed by atoms with Crippen molar-refractivity contribution in [3.05, 3.63) is 76.4 Å². The first kappa shape index (κ1) is 17.1. The largest absolute Gasteiger partial charge is 0.451 e. The van der Waals surface area contributed by atoms with Gasteiger partial charge in [-0.25, -0.2) is 4.79 Å². The molecule has 0 saturated carbocycles. The lowest BCUT2D eigenvalue weighted by Gasteiger charge is -2.14. The highest BCUT2D eigenvalue weighted by Crippen LogP contribution is 2.20. The number of carbonyl (C=O) groups is 2. The smallest absolute Gasteiger partial charge is 0.339 e. The molecule has 0 aliphatic carbocycles. The van der Waals surface area contributed by atoms with E-state index in [-0.39, 0.29) is 5.78 Å². The van der Waals surface area contributed by atoms with Gasteiger partial charge >= 0.3 is 5.97 Å². The summed E-state index contributed by atoms with van der Waals surface area (Å²) in [5, 5.41) is 1.15. The molecule has 0 unspecified atom stereocenters. The van der Waals surface area contributed by atoms with Crippen LogP contribution in [0.15, 0.2) is 54.6 Å². The number of para-hydroxylation sites is 1. The Hall–Kier alpha value is -2.72. The van der Waals surface area contributed by atoms with E-state index in [9.17, 15) is 9.59 Å². The number of esters is 1. The van der Waals surface area contributed by atoms with Crippen molar-refractivity contribution >= 4 is 34.3 Å². The van der Waals surface area contributed by atoms with Crippen LogP contribution in [0.2, 0.25) is 5.02 Å². The Morgan fingerprint density at radius 3 is 2.60 bits per heavy atom. The van der Waals surface area contributed by atoms with Crippen LogP contribution in [0, 0.1) is 6.92 Å². The van der Waals surface area contributed by atoms with Crippen molar-refractivity contribution in [2.45, 2.75) is 20.0 Å². The fraction of sp³-hybridized carbons (Fsp3) is 0.150. The number of rotatable bonds is 4. The van der Waals surface area contributed by atoms with E-state index in [2.05, 4.69) is 4.98 Å². The first-order chi connectivity index (χ1) is 12.0. The summed E-state index contributed by atoms with van der Waals surface area (Å²) in [7, 11) is 0. The van der Waals surface area contributed by atoms with Crippen LogP contribution in [-0.4, -0.2) is 22.8 Å². The van der Waals surface area contributed by atoms with E-state index < -0.39 is 12.1 Å². The van der Waals surface area contributed by atoms with Crippen molar-refractivity contribution < 1.29 is 14.3 Å². The van der Waals surface area contributed by atoms with E-state index in [1.165, 1.54) is 0 Å². The Morgan fingerprint density at radius 1 is 1.08 bits per heavy atom. The number of fused-ring (bicyclic) bond motifs is 1. The average Bonchev–Trinajstić information content (AvgIpc) is 2.60. The zero-order valence-electron chi connectivity index (χ0n) is 13.8. The van der Waals surface area contributed by atoms with E-state index in [0.717, 1.165) is 0 Å². The van der Waals surface area contributed by atoms with Gasteiger partial charge < -0.3 is 4.74 Å². The molecule has 0 saturated heterocycles. The number of halogens is 1. The van der Waals surface area contributed by atoms with Gasteiger partial charge in [0.2, 0.25) is 5.78 Å². The number of carbonyl (C=O) groups excluding carboxylic acids is 2. The maximum Gasteiger partial charge on any atom is 0.339 e. The summed E-state index contributed by atoms with van der Waals surface area (Å²) in [5.74, 6) is -0.851. The molecule has 1 atom stereocenters. The third-order valence-electron chi connectivity index (χ3n) is 3.83. The van der Waals surface area contributed by atoms with Gasteiger partial charge in [-0.15, -0.1) is 0 Å². The van der Waals surface area contributed by atoms with Gasteiger partial charge in [-0.3, -0.25) is 9.78 Å². The van der Waals surface area contributed by atoms with E-state index >= 15 is 0 Å². The van der Waals surface area contributed by atoms with Crippen LogP contribution in [0.4, 0.5) is 0 Å². The number of aryl methyl sites for hydroxylation is 1. The molecule has 4 nitrogen and oxygen atoms in total. The fourth-order valence-electron chi connectivity index (χ4n) is 2.63. The minimum atomic E-state index is -0.918. The Balaban J connectivity index is 1.86. The summed E-state index contributed by atoms with van der Waals surface area (Å²) in [5.41, 5.74) is 2.22. The quantitative estimate of drug-likeness (QED) is 0.507. The molecule has 3 aromatic rings. The number of pyridine rings is 1. The summed E-state index contributed by atoms with van der Waals surface area (Å²) in [4.78, 5) is 29.4. The van der Waals surface area contributed by atoms with Crippen molar-refractivity contribution in [2.24, 2.45) is 0 Å². The molecule has 0 aliphatic heterocycles. The first-order valence-electron chi connectivity index (χ1n) is 7.83. The van der Waals surface area contributed by atoms with Crippen LogP contribution < -0.4 is 0 Å². The molecule has 2 aromatic carbocycles. The van der Waals surface area contributed by atoms with Crippen molar-refractivity contribution in [3.8, 4) is 0 Å². The summed E-state index contributed by atoms with van der Waals surface area (Å²) in [6, 6.07) is 15.6. The molecule has 1 heterocycles. The molecule has 1 aromatic heterocycles. The fourth-order valence-corrected chi connectivity index (χ4v) is 2.82. The predicted octanol–water partition coefficient (Wildman–Crippen LogP) is 4.62. The SMILES string of the molecule is Cc1cc(C(=O)O[C@H](C)C(=O)c2cccc(Cl)c2)c2ccccc2n1. The molecule has 126 valence electrons. The van der Waals surface area contributed by atoms with Crippen LogP contribution in [0.5, 0.6) is 0 Å². The summed E-state index contributed by atoms with van der Waals surface area (Å²) < 4.78 is 5.40. The highest BCUT2D eigenvalue weighted by atomic mass is 35.5. The van der Waals surface area contributed by atoms with E-state index in [0.29, 0.717) is 32.7 Å². The highest BCUT2D eigenvalue weighted by molar-refractivity contribution is 6.31. The zero-order chi connectivity index (χ0) is 18.0. The van der Waals surface area contributed by atoms with Gasteiger partial charge in [-0.2, -0.15) is 0 Å². The number of Topliss-reactive ketones (excluding diaryl/α,β-unsaturated/α-hetero) is 1. The minimum absolute atomic E-state index is 0.300. The minimum Gasteiger partial charge on any atom is -0.451 e. The van der Waals surface area contributed by atoms with Gasteiger partial charge in [0.1, 0.15) is 0 Å². The van der Waals surface area contributed by atoms with Gasteiger partial charge in [-0.1, -0.05) is 41.9 Å². The van der Waals surface area contributed by atoms with E-state index in [4.69, 9.17) is 16.3 Å². The maximum absolute atomic E-state index is 12.6. The molecular formula is C20H16ClNO3. The molecular weight excluding hydrogens is 338 g/mol. The van der Waals surface area contributed by atoms with Crippen LogP contribution in [0.1, 0.15) is 33.3 Å². The number of ketones is 1. The summed E-state index contributed by atoms with van der Waals surface area (Å²) in [6.07, 6.45) is -0.918. The van der Waals surface area contributed by atoms with E-state index in [1.54, 1.807) is 37.3 Å². The number of benzene rings is 2. The predicted molar refractivity (Wildman–Crippen MR) is 97.1 cm³/mol. The van der Waals surface area contributed by atoms with Gasteiger partial charge in [-0.05, 0) is 38.1 Å². The lowest BCUT2D eigenvalue weighted by atomic mass is 10.1. The number of ether oxygens (including phenoxy) is 1. The van der Waals surface area contributed by atoms with Crippen LogP contribution >= 0.6 is 11.6 Å². The molecule has 5 heteroatoms. The maximum atomic E-state index is 12.6. The normalized spacial score (nSPS) is 12.0. The molecule has 0 spiro atoms. The number of hydrogen-bond acceptors (Lipinski definition) is 4. The van der Waals surface area contributed by atoms with Gasteiger partial charge in [0.25, 0.3) is 0 Å². The van der Waals surface area contributed by atoms with Crippen molar-refractivity contribution in [3.63, 3.8) is 0 Å². The molecule has 3 rings (SSSR count). The molecule has 0 radical (unpaired) electrons. The van der Waals surface area contributed by atoms with Crippen LogP contribution in [0.25, 0.3) is 10.9 Å². The standard InChI is InChI=1S/C20H16ClNO3/c1-12-10-17(16-8-3-4-9-18(16)22-12)20(24)25-13(2)19(23)14-6-5-7-15(21)11-14/h3-11,13H,1-2H3/t13-/m1/s1. The van der Waals surface area contributed by atoms with E-state index in [1.807, 2.05) is 31.2 Å². The second kappa shape index (κ2) is 7.03. The highest BCUT2D eigenvalue weighted by Gasteiger charge is 2.22. The third kappa shape index (κ3) is 3.69. The molecule has 0 bridgehead atoms. The summed E-state index contributed by atoms with van der Waals surface area (Å²) >= 11 is 5.91. The Labute approximate surface area is 150 Å². The molecule has 25 heavy (non-hydrogen) atoms. The number of aromatic nitrogens is 1. The second-order valence-corrected chi connectivity index (χ2v) is 6.19. The zero-order valence-corrected chi connectivity index (χ0v) is 14.6. The number of hydrogen-bond donors (Lipinski definition) is 0. The molecule has 0 N–H and O–H groups in total. The van der Waals surface area contributed by atoms with Crippen LogP contribution in [-0.2, 0) is 4.74 Å². The van der Waals surface area contributed by atoms with Gasteiger partial charge in [0, 0.05) is 21.7 Å². The Kier molecular flexibility index (Phi) is 4.81. The molecule has 0 aliphatic rings. The van der Waals surface area contributed by atoms with Gasteiger partial charge in [0.15, 0.2) is 6.10 Å². The van der Waals surface area contributed by atoms with Crippen molar-refractivity contribution in [2.75, 3.05) is 0 Å². The lowest BCUT2D eigenvalue weighted by Crippen LogP contribution is -2.24. The van der Waals surface area contributed by atoms with Crippen molar-refractivity contribution in [1.82, 2.24) is 4.98 Å². The van der Waals surface area contributed by atoms with Crippen LogP contribution in [0.3, 0.4) is 0 Å². The number of nitrogens with zero attached hydrogens (tertiary/aromatic N) is 1. The Morgan fingerprint density at radius 2 is 1.84 bits per heavy atom. The Bertz CT molecular complexity index is 968. The summed E-state index contributed by atoms with van der Waals surface area (Å²) in [6.45, 7) is 3.36. The average molecular weight is 354 g/mol. The topological polar surface area (TPSA) is 56.3 Å².